The van der Waals surface area contributed by atoms with Crippen LogP contribution in [0.5, 0.6) is 0 Å². The van der Waals surface area contributed by atoms with E-state index >= 15 is 0 Å². The van der Waals surface area contributed by atoms with E-state index in [1.54, 1.807) is 12.1 Å². The third-order valence-corrected chi connectivity index (χ3v) is 4.44. The van der Waals surface area contributed by atoms with Gasteiger partial charge in [-0.25, -0.2) is 4.99 Å². The molecule has 0 fully saturated rings. The summed E-state index contributed by atoms with van der Waals surface area (Å²) in [6.07, 6.45) is 0.840. The van der Waals surface area contributed by atoms with Crippen molar-refractivity contribution in [1.82, 2.24) is 20.4 Å². The second-order valence-electron chi connectivity index (χ2n) is 6.64. The Morgan fingerprint density at radius 3 is 2.74 bits per heavy atom. The lowest BCUT2D eigenvalue weighted by molar-refractivity contribution is -0.384. The minimum absolute atomic E-state index is 0.0801. The predicted octanol–water partition coefficient (Wildman–Crippen LogP) is 2.63. The number of rotatable bonds is 7. The van der Waals surface area contributed by atoms with Gasteiger partial charge in [0.15, 0.2) is 5.96 Å². The van der Waals surface area contributed by atoms with Crippen molar-refractivity contribution in [3.8, 4) is 0 Å². The number of hydrogen-bond acceptors (Lipinski definition) is 4. The Morgan fingerprint density at radius 2 is 2.15 bits per heavy atom. The number of benzene rings is 1. The van der Waals surface area contributed by atoms with E-state index in [0.29, 0.717) is 12.5 Å². The fourth-order valence-corrected chi connectivity index (χ4v) is 2.96. The van der Waals surface area contributed by atoms with Gasteiger partial charge in [0.05, 0.1) is 17.2 Å². The maximum absolute atomic E-state index is 10.9. The number of hydrogen-bond donors (Lipinski definition) is 2. The molecule has 8 heteroatoms. The number of nitrogens with one attached hydrogen (secondary N) is 2. The van der Waals surface area contributed by atoms with Crippen molar-refractivity contribution in [3.05, 3.63) is 56.9 Å². The molecule has 0 bridgehead atoms. The average Bonchev–Trinajstić information content (AvgIpc) is 2.86. The van der Waals surface area contributed by atoms with E-state index < -0.39 is 4.92 Å². The molecule has 0 aliphatic heterocycles. The van der Waals surface area contributed by atoms with E-state index in [9.17, 15) is 10.1 Å². The second kappa shape index (κ2) is 9.16. The van der Waals surface area contributed by atoms with Gasteiger partial charge in [-0.15, -0.1) is 0 Å². The molecule has 1 aromatic heterocycles. The zero-order valence-electron chi connectivity index (χ0n) is 16.6. The highest BCUT2D eigenvalue weighted by Gasteiger charge is 2.14. The Hall–Kier alpha value is -2.90. The first-order valence-electron chi connectivity index (χ1n) is 9.09. The van der Waals surface area contributed by atoms with Gasteiger partial charge in [-0.3, -0.25) is 14.8 Å². The summed E-state index contributed by atoms with van der Waals surface area (Å²) in [7, 11) is 1.95. The van der Waals surface area contributed by atoms with E-state index in [-0.39, 0.29) is 11.7 Å². The van der Waals surface area contributed by atoms with Gasteiger partial charge in [-0.1, -0.05) is 12.1 Å². The van der Waals surface area contributed by atoms with Gasteiger partial charge in [0.25, 0.3) is 5.69 Å². The Kier molecular flexibility index (Phi) is 6.92. The van der Waals surface area contributed by atoms with Gasteiger partial charge >= 0.3 is 0 Å². The van der Waals surface area contributed by atoms with Crippen LogP contribution in [-0.2, 0) is 20.0 Å². The molecule has 8 nitrogen and oxygen atoms in total. The standard InChI is InChI=1S/C19H28N6O2/c1-6-20-19(21-12-16-8-7-9-17(11-16)25(26)27)22-13(2)10-18-14(3)23-24(5)15(18)4/h7-9,11,13H,6,10,12H2,1-5H3,(H2,20,21,22). The number of nitro benzene ring substituents is 1. The molecule has 1 aromatic carbocycles. The first kappa shape index (κ1) is 20.4. The largest absolute Gasteiger partial charge is 0.357 e. The van der Waals surface area contributed by atoms with Crippen molar-refractivity contribution >= 4 is 11.6 Å². The Bertz CT molecular complexity index is 828. The molecule has 0 amide bonds. The Morgan fingerprint density at radius 1 is 1.41 bits per heavy atom. The molecule has 2 aromatic rings. The van der Waals surface area contributed by atoms with Crippen LogP contribution in [0, 0.1) is 24.0 Å². The third kappa shape index (κ3) is 5.54. The van der Waals surface area contributed by atoms with Crippen molar-refractivity contribution in [2.24, 2.45) is 12.0 Å². The topological polar surface area (TPSA) is 97.4 Å². The Balaban J connectivity index is 2.06. The molecule has 1 unspecified atom stereocenters. The molecular formula is C19H28N6O2. The first-order valence-corrected chi connectivity index (χ1v) is 9.09. The maximum atomic E-state index is 10.9. The zero-order valence-corrected chi connectivity index (χ0v) is 16.6. The minimum Gasteiger partial charge on any atom is -0.357 e. The molecule has 146 valence electrons. The van der Waals surface area contributed by atoms with Crippen LogP contribution in [-0.4, -0.2) is 33.2 Å². The van der Waals surface area contributed by atoms with Gasteiger partial charge < -0.3 is 10.6 Å². The summed E-state index contributed by atoms with van der Waals surface area (Å²) in [5.74, 6) is 0.690. The normalized spacial score (nSPS) is 12.7. The molecule has 0 spiro atoms. The van der Waals surface area contributed by atoms with Crippen LogP contribution in [0.3, 0.4) is 0 Å². The predicted molar refractivity (Wildman–Crippen MR) is 107 cm³/mol. The molecule has 2 N–H and O–H groups in total. The SMILES string of the molecule is CCNC(=NCc1cccc([N+](=O)[O-])c1)NC(C)Cc1c(C)nn(C)c1C. The lowest BCUT2D eigenvalue weighted by Gasteiger charge is -2.18. The summed E-state index contributed by atoms with van der Waals surface area (Å²) in [6, 6.07) is 6.72. The van der Waals surface area contributed by atoms with E-state index in [2.05, 4.69) is 34.6 Å². The van der Waals surface area contributed by atoms with E-state index in [1.807, 2.05) is 31.6 Å². The van der Waals surface area contributed by atoms with Crippen molar-refractivity contribution in [3.63, 3.8) is 0 Å². The van der Waals surface area contributed by atoms with Crippen molar-refractivity contribution in [2.45, 2.75) is 46.7 Å². The second-order valence-corrected chi connectivity index (χ2v) is 6.64. The number of nitro groups is 1. The summed E-state index contributed by atoms with van der Waals surface area (Å²) in [6.45, 7) is 9.31. The monoisotopic (exact) mass is 372 g/mol. The molecule has 0 aliphatic carbocycles. The van der Waals surface area contributed by atoms with Crippen molar-refractivity contribution < 1.29 is 4.92 Å². The first-order chi connectivity index (χ1) is 12.8. The van der Waals surface area contributed by atoms with Gasteiger partial charge in [0.2, 0.25) is 0 Å². The zero-order chi connectivity index (χ0) is 20.0. The number of aromatic nitrogens is 2. The number of non-ortho nitro benzene ring substituents is 1. The van der Waals surface area contributed by atoms with Crippen LogP contribution < -0.4 is 10.6 Å². The summed E-state index contributed by atoms with van der Waals surface area (Å²) < 4.78 is 1.90. The molecule has 1 atom stereocenters. The smallest absolute Gasteiger partial charge is 0.269 e. The molecule has 0 radical (unpaired) electrons. The highest BCUT2D eigenvalue weighted by Crippen LogP contribution is 2.15. The van der Waals surface area contributed by atoms with Crippen LogP contribution in [0.15, 0.2) is 29.3 Å². The molecule has 0 aliphatic rings. The summed E-state index contributed by atoms with van der Waals surface area (Å²) in [4.78, 5) is 15.1. The quantitative estimate of drug-likeness (QED) is 0.337. The number of guanidine groups is 1. The van der Waals surface area contributed by atoms with Crippen LogP contribution in [0.1, 0.15) is 36.4 Å². The fourth-order valence-electron chi connectivity index (χ4n) is 2.96. The van der Waals surface area contributed by atoms with Crippen LogP contribution in [0.4, 0.5) is 5.69 Å². The molecule has 1 heterocycles. The van der Waals surface area contributed by atoms with Gasteiger partial charge in [-0.05, 0) is 45.2 Å². The highest BCUT2D eigenvalue weighted by molar-refractivity contribution is 5.80. The van der Waals surface area contributed by atoms with Crippen LogP contribution in [0.2, 0.25) is 0 Å². The molecule has 27 heavy (non-hydrogen) atoms. The van der Waals surface area contributed by atoms with Crippen LogP contribution >= 0.6 is 0 Å². The number of aliphatic imine (C=N–C) groups is 1. The summed E-state index contributed by atoms with van der Waals surface area (Å²) in [5, 5.41) is 22.0. The summed E-state index contributed by atoms with van der Waals surface area (Å²) >= 11 is 0. The Labute approximate surface area is 159 Å². The van der Waals surface area contributed by atoms with Crippen LogP contribution in [0.25, 0.3) is 0 Å². The lowest BCUT2D eigenvalue weighted by Crippen LogP contribution is -2.43. The molecular weight excluding hydrogens is 344 g/mol. The van der Waals surface area contributed by atoms with E-state index in [4.69, 9.17) is 0 Å². The third-order valence-electron chi connectivity index (χ3n) is 4.44. The maximum Gasteiger partial charge on any atom is 0.269 e. The van der Waals surface area contributed by atoms with E-state index in [1.165, 1.54) is 17.3 Å². The average molecular weight is 372 g/mol. The van der Waals surface area contributed by atoms with Gasteiger partial charge in [0.1, 0.15) is 0 Å². The molecule has 0 saturated heterocycles. The van der Waals surface area contributed by atoms with Gasteiger partial charge in [-0.2, -0.15) is 5.10 Å². The lowest BCUT2D eigenvalue weighted by atomic mass is 10.1. The van der Waals surface area contributed by atoms with Crippen molar-refractivity contribution in [1.29, 1.82) is 0 Å². The van der Waals surface area contributed by atoms with E-state index in [0.717, 1.165) is 24.2 Å². The number of nitrogens with zero attached hydrogens (tertiary/aromatic N) is 4. The van der Waals surface area contributed by atoms with Crippen molar-refractivity contribution in [2.75, 3.05) is 6.54 Å². The molecule has 0 saturated carbocycles. The summed E-state index contributed by atoms with van der Waals surface area (Å²) in [5.41, 5.74) is 4.33. The minimum atomic E-state index is -0.392. The van der Waals surface area contributed by atoms with Gasteiger partial charge in [0, 0.05) is 37.5 Å². The fraction of sp³-hybridized carbons (Fsp3) is 0.474. The molecule has 2 rings (SSSR count). The number of aryl methyl sites for hydroxylation is 2. The highest BCUT2D eigenvalue weighted by atomic mass is 16.6.